The Bertz CT molecular complexity index is 758. The van der Waals surface area contributed by atoms with Crippen molar-refractivity contribution in [2.45, 2.75) is 32.4 Å². The summed E-state index contributed by atoms with van der Waals surface area (Å²) in [5.41, 5.74) is 0.913. The molecule has 0 aromatic carbocycles. The SMILES string of the molecule is Cc1ccc([C@@H]2CCCN2S(=O)(=O)N(C)Cc2ccncc2)o1. The van der Waals surface area contributed by atoms with Gasteiger partial charge in [0.15, 0.2) is 0 Å². The third-order valence-electron chi connectivity index (χ3n) is 4.14. The van der Waals surface area contributed by atoms with Crippen molar-refractivity contribution in [1.29, 1.82) is 0 Å². The Labute approximate surface area is 136 Å². The summed E-state index contributed by atoms with van der Waals surface area (Å²) in [5, 5.41) is 0. The molecular weight excluding hydrogens is 314 g/mol. The zero-order chi connectivity index (χ0) is 16.4. The zero-order valence-corrected chi connectivity index (χ0v) is 14.2. The largest absolute Gasteiger partial charge is 0.465 e. The van der Waals surface area contributed by atoms with E-state index in [1.54, 1.807) is 23.7 Å². The first-order valence-electron chi connectivity index (χ1n) is 7.67. The lowest BCUT2D eigenvalue weighted by molar-refractivity contribution is 0.308. The molecule has 23 heavy (non-hydrogen) atoms. The highest BCUT2D eigenvalue weighted by molar-refractivity contribution is 7.86. The molecule has 0 bridgehead atoms. The van der Waals surface area contributed by atoms with Crippen molar-refractivity contribution < 1.29 is 12.8 Å². The Balaban J connectivity index is 1.80. The lowest BCUT2D eigenvalue weighted by Crippen LogP contribution is -2.41. The normalized spacial score (nSPS) is 19.5. The highest BCUT2D eigenvalue weighted by Gasteiger charge is 2.39. The average molecular weight is 335 g/mol. The van der Waals surface area contributed by atoms with Crippen molar-refractivity contribution in [3.05, 3.63) is 53.7 Å². The van der Waals surface area contributed by atoms with E-state index in [-0.39, 0.29) is 6.04 Å². The second-order valence-corrected chi connectivity index (χ2v) is 7.82. The summed E-state index contributed by atoms with van der Waals surface area (Å²) in [5.74, 6) is 1.52. The van der Waals surface area contributed by atoms with E-state index in [0.29, 0.717) is 13.1 Å². The van der Waals surface area contributed by atoms with Crippen molar-refractivity contribution in [2.75, 3.05) is 13.6 Å². The van der Waals surface area contributed by atoms with E-state index in [1.165, 1.54) is 4.31 Å². The fourth-order valence-corrected chi connectivity index (χ4v) is 4.50. The second kappa shape index (κ2) is 6.43. The summed E-state index contributed by atoms with van der Waals surface area (Å²) >= 11 is 0. The van der Waals surface area contributed by atoms with Gasteiger partial charge in [-0.05, 0) is 49.6 Å². The molecule has 3 heterocycles. The van der Waals surface area contributed by atoms with E-state index in [4.69, 9.17) is 4.42 Å². The molecule has 2 aromatic rings. The van der Waals surface area contributed by atoms with Gasteiger partial charge in [0.1, 0.15) is 11.5 Å². The van der Waals surface area contributed by atoms with Crippen LogP contribution in [0.15, 0.2) is 41.1 Å². The number of furan rings is 1. The third-order valence-corrected chi connectivity index (χ3v) is 6.08. The molecule has 0 saturated carbocycles. The minimum absolute atomic E-state index is 0.214. The molecule has 1 aliphatic rings. The van der Waals surface area contributed by atoms with Crippen LogP contribution in [0.5, 0.6) is 0 Å². The number of rotatable bonds is 5. The summed E-state index contributed by atoms with van der Waals surface area (Å²) < 4.78 is 34.4. The molecule has 124 valence electrons. The molecule has 1 saturated heterocycles. The van der Waals surface area contributed by atoms with Gasteiger partial charge in [-0.25, -0.2) is 0 Å². The molecule has 0 spiro atoms. The molecule has 0 aliphatic carbocycles. The van der Waals surface area contributed by atoms with Crippen LogP contribution in [-0.4, -0.2) is 35.6 Å². The number of hydrogen-bond acceptors (Lipinski definition) is 4. The van der Waals surface area contributed by atoms with E-state index in [1.807, 2.05) is 31.2 Å². The van der Waals surface area contributed by atoms with Crippen molar-refractivity contribution in [2.24, 2.45) is 0 Å². The van der Waals surface area contributed by atoms with Gasteiger partial charge in [0.05, 0.1) is 6.04 Å². The summed E-state index contributed by atoms with van der Waals surface area (Å²) in [4.78, 5) is 3.96. The summed E-state index contributed by atoms with van der Waals surface area (Å²) in [6.45, 7) is 2.71. The highest BCUT2D eigenvalue weighted by atomic mass is 32.2. The fourth-order valence-electron chi connectivity index (χ4n) is 2.94. The van der Waals surface area contributed by atoms with E-state index >= 15 is 0 Å². The maximum absolute atomic E-state index is 12.9. The monoisotopic (exact) mass is 335 g/mol. The van der Waals surface area contributed by atoms with E-state index < -0.39 is 10.2 Å². The lowest BCUT2D eigenvalue weighted by Gasteiger charge is -2.28. The van der Waals surface area contributed by atoms with Crippen LogP contribution >= 0.6 is 0 Å². The van der Waals surface area contributed by atoms with E-state index in [0.717, 1.165) is 29.9 Å². The van der Waals surface area contributed by atoms with Gasteiger partial charge in [-0.3, -0.25) is 4.98 Å². The summed E-state index contributed by atoms with van der Waals surface area (Å²) in [6.07, 6.45) is 4.96. The number of aromatic nitrogens is 1. The lowest BCUT2D eigenvalue weighted by atomic mass is 10.2. The van der Waals surface area contributed by atoms with Crippen LogP contribution < -0.4 is 0 Å². The maximum Gasteiger partial charge on any atom is 0.282 e. The molecule has 2 aromatic heterocycles. The Morgan fingerprint density at radius 1 is 1.30 bits per heavy atom. The smallest absolute Gasteiger partial charge is 0.282 e. The maximum atomic E-state index is 12.9. The van der Waals surface area contributed by atoms with Gasteiger partial charge in [-0.15, -0.1) is 0 Å². The number of pyridine rings is 1. The van der Waals surface area contributed by atoms with Crippen molar-refractivity contribution in [3.63, 3.8) is 0 Å². The van der Waals surface area contributed by atoms with Crippen LogP contribution in [0.4, 0.5) is 0 Å². The minimum atomic E-state index is -3.54. The van der Waals surface area contributed by atoms with Gasteiger partial charge in [-0.1, -0.05) is 0 Å². The van der Waals surface area contributed by atoms with Gasteiger partial charge >= 0.3 is 0 Å². The second-order valence-electron chi connectivity index (χ2n) is 5.84. The van der Waals surface area contributed by atoms with Crippen LogP contribution in [-0.2, 0) is 16.8 Å². The quantitative estimate of drug-likeness (QED) is 0.842. The van der Waals surface area contributed by atoms with Gasteiger partial charge in [-0.2, -0.15) is 17.0 Å². The van der Waals surface area contributed by atoms with Crippen molar-refractivity contribution >= 4 is 10.2 Å². The molecule has 3 rings (SSSR count). The van der Waals surface area contributed by atoms with Gasteiger partial charge < -0.3 is 4.42 Å². The predicted octanol–water partition coefficient (Wildman–Crippen LogP) is 2.50. The summed E-state index contributed by atoms with van der Waals surface area (Å²) in [7, 11) is -1.93. The molecule has 0 N–H and O–H groups in total. The van der Waals surface area contributed by atoms with E-state index in [9.17, 15) is 8.42 Å². The zero-order valence-electron chi connectivity index (χ0n) is 13.3. The van der Waals surface area contributed by atoms with Crippen LogP contribution in [0.25, 0.3) is 0 Å². The molecular formula is C16H21N3O3S. The molecule has 6 nitrogen and oxygen atoms in total. The fraction of sp³-hybridized carbons (Fsp3) is 0.438. The third kappa shape index (κ3) is 3.31. The van der Waals surface area contributed by atoms with Crippen LogP contribution in [0.3, 0.4) is 0 Å². The van der Waals surface area contributed by atoms with Gasteiger partial charge in [0, 0.05) is 32.5 Å². The van der Waals surface area contributed by atoms with Crippen molar-refractivity contribution in [1.82, 2.24) is 13.6 Å². The standard InChI is InChI=1S/C16H21N3O3S/c1-13-5-6-16(22-13)15-4-3-11-19(15)23(20,21)18(2)12-14-7-9-17-10-8-14/h5-10,15H,3-4,11-12H2,1-2H3/t15-/m0/s1. The number of aryl methyl sites for hydroxylation is 1. The minimum Gasteiger partial charge on any atom is -0.465 e. The molecule has 0 unspecified atom stereocenters. The first kappa shape index (κ1) is 16.2. The van der Waals surface area contributed by atoms with E-state index in [2.05, 4.69) is 4.98 Å². The summed E-state index contributed by atoms with van der Waals surface area (Å²) in [6, 6.07) is 7.18. The topological polar surface area (TPSA) is 66.7 Å². The number of hydrogen-bond donors (Lipinski definition) is 0. The first-order chi connectivity index (χ1) is 11.0. The first-order valence-corrected chi connectivity index (χ1v) is 9.06. The number of nitrogens with zero attached hydrogens (tertiary/aromatic N) is 3. The molecule has 0 radical (unpaired) electrons. The van der Waals surface area contributed by atoms with Crippen LogP contribution in [0, 0.1) is 6.92 Å². The van der Waals surface area contributed by atoms with Gasteiger partial charge in [0.25, 0.3) is 10.2 Å². The molecule has 1 atom stereocenters. The Kier molecular flexibility index (Phi) is 4.52. The van der Waals surface area contributed by atoms with Crippen LogP contribution in [0.1, 0.15) is 36.0 Å². The highest BCUT2D eigenvalue weighted by Crippen LogP contribution is 2.36. The Morgan fingerprint density at radius 3 is 2.70 bits per heavy atom. The van der Waals surface area contributed by atoms with Crippen molar-refractivity contribution in [3.8, 4) is 0 Å². The predicted molar refractivity (Wildman–Crippen MR) is 86.7 cm³/mol. The van der Waals surface area contributed by atoms with Crippen LogP contribution in [0.2, 0.25) is 0 Å². The molecule has 1 fully saturated rings. The average Bonchev–Trinajstić information content (AvgIpc) is 3.16. The molecule has 0 amide bonds. The molecule has 1 aliphatic heterocycles. The van der Waals surface area contributed by atoms with Gasteiger partial charge in [0.2, 0.25) is 0 Å². The molecule has 7 heteroatoms. The Hall–Kier alpha value is -1.70. The Morgan fingerprint density at radius 2 is 2.04 bits per heavy atom.